The van der Waals surface area contributed by atoms with Crippen molar-refractivity contribution < 1.29 is 19.4 Å². The lowest BCUT2D eigenvalue weighted by atomic mass is 10.2. The zero-order valence-electron chi connectivity index (χ0n) is 11.7. The van der Waals surface area contributed by atoms with E-state index >= 15 is 0 Å². The van der Waals surface area contributed by atoms with Crippen molar-refractivity contribution in [3.63, 3.8) is 0 Å². The summed E-state index contributed by atoms with van der Waals surface area (Å²) in [6.45, 7) is 7.47. The van der Waals surface area contributed by atoms with Gasteiger partial charge in [-0.05, 0) is 12.8 Å². The molecule has 0 fully saturated rings. The van der Waals surface area contributed by atoms with Gasteiger partial charge in [0.15, 0.2) is 0 Å². The van der Waals surface area contributed by atoms with E-state index < -0.39 is 5.97 Å². The minimum atomic E-state index is -0.998. The van der Waals surface area contributed by atoms with Crippen LogP contribution in [0, 0.1) is 5.92 Å². The third-order valence-corrected chi connectivity index (χ3v) is 2.28. The topological polar surface area (TPSA) is 70.1 Å². The summed E-state index contributed by atoms with van der Waals surface area (Å²) in [5, 5.41) is 8.80. The van der Waals surface area contributed by atoms with Crippen LogP contribution in [-0.4, -0.2) is 66.8 Å². The molecular weight excluding hydrogens is 236 g/mol. The standard InChI is InChI=1S/C12H24N2O4/c1-5-18-7-6-13(4)12(17)14(8-10(2)3)9-11(15)16/h10H,5-9H2,1-4H3,(H,15,16). The maximum atomic E-state index is 12.0. The van der Waals surface area contributed by atoms with E-state index in [1.807, 2.05) is 20.8 Å². The molecule has 0 heterocycles. The van der Waals surface area contributed by atoms with Crippen LogP contribution in [0.4, 0.5) is 4.79 Å². The molecule has 6 nitrogen and oxygen atoms in total. The Hall–Kier alpha value is -1.30. The normalized spacial score (nSPS) is 10.5. The van der Waals surface area contributed by atoms with Crippen LogP contribution in [0.15, 0.2) is 0 Å². The maximum Gasteiger partial charge on any atom is 0.323 e. The summed E-state index contributed by atoms with van der Waals surface area (Å²) in [6.07, 6.45) is 0. The number of carboxylic acids is 1. The van der Waals surface area contributed by atoms with E-state index in [9.17, 15) is 9.59 Å². The summed E-state index contributed by atoms with van der Waals surface area (Å²) in [5.74, 6) is -0.768. The number of aliphatic carboxylic acids is 1. The van der Waals surface area contributed by atoms with E-state index in [1.54, 1.807) is 7.05 Å². The van der Waals surface area contributed by atoms with Crippen LogP contribution >= 0.6 is 0 Å². The number of urea groups is 1. The first kappa shape index (κ1) is 16.7. The molecule has 0 saturated heterocycles. The number of amides is 2. The first-order valence-corrected chi connectivity index (χ1v) is 6.18. The van der Waals surface area contributed by atoms with Gasteiger partial charge in [0.25, 0.3) is 0 Å². The van der Waals surface area contributed by atoms with Crippen LogP contribution in [0.3, 0.4) is 0 Å². The molecule has 0 aliphatic rings. The fraction of sp³-hybridized carbons (Fsp3) is 0.833. The van der Waals surface area contributed by atoms with E-state index in [2.05, 4.69) is 0 Å². The van der Waals surface area contributed by atoms with Gasteiger partial charge < -0.3 is 19.6 Å². The third kappa shape index (κ3) is 7.11. The molecule has 0 aliphatic carbocycles. The molecule has 0 aromatic rings. The molecule has 0 saturated carbocycles. The molecule has 0 spiro atoms. The Labute approximate surface area is 109 Å². The summed E-state index contributed by atoms with van der Waals surface area (Å²) < 4.78 is 5.17. The maximum absolute atomic E-state index is 12.0. The van der Waals surface area contributed by atoms with Gasteiger partial charge in [-0.3, -0.25) is 4.79 Å². The van der Waals surface area contributed by atoms with Gasteiger partial charge in [0.1, 0.15) is 6.54 Å². The molecule has 1 N–H and O–H groups in total. The van der Waals surface area contributed by atoms with Crippen LogP contribution in [0.5, 0.6) is 0 Å². The highest BCUT2D eigenvalue weighted by Gasteiger charge is 2.20. The predicted molar refractivity (Wildman–Crippen MR) is 68.6 cm³/mol. The number of likely N-dealkylation sites (N-methyl/N-ethyl adjacent to an activating group) is 1. The SMILES string of the molecule is CCOCCN(C)C(=O)N(CC(=O)O)CC(C)C. The van der Waals surface area contributed by atoms with E-state index in [4.69, 9.17) is 9.84 Å². The number of hydrogen-bond acceptors (Lipinski definition) is 3. The number of carboxylic acid groups (broad SMARTS) is 1. The van der Waals surface area contributed by atoms with Crippen molar-refractivity contribution >= 4 is 12.0 Å². The lowest BCUT2D eigenvalue weighted by Crippen LogP contribution is -2.46. The van der Waals surface area contributed by atoms with E-state index in [0.717, 1.165) is 0 Å². The van der Waals surface area contributed by atoms with Gasteiger partial charge >= 0.3 is 12.0 Å². The lowest BCUT2D eigenvalue weighted by molar-refractivity contribution is -0.137. The molecule has 0 aromatic carbocycles. The Morgan fingerprint density at radius 2 is 1.94 bits per heavy atom. The van der Waals surface area contributed by atoms with Crippen molar-refractivity contribution in [2.45, 2.75) is 20.8 Å². The van der Waals surface area contributed by atoms with Gasteiger partial charge in [-0.25, -0.2) is 4.79 Å². The van der Waals surface area contributed by atoms with Crippen LogP contribution in [-0.2, 0) is 9.53 Å². The molecule has 0 bridgehead atoms. The zero-order valence-corrected chi connectivity index (χ0v) is 11.7. The quantitative estimate of drug-likeness (QED) is 0.664. The molecule has 2 amide bonds. The second kappa shape index (κ2) is 8.74. The Balaban J connectivity index is 4.38. The van der Waals surface area contributed by atoms with Crippen molar-refractivity contribution in [3.8, 4) is 0 Å². The second-order valence-corrected chi connectivity index (χ2v) is 4.57. The Morgan fingerprint density at radius 3 is 2.39 bits per heavy atom. The van der Waals surface area contributed by atoms with E-state index in [0.29, 0.717) is 26.3 Å². The van der Waals surface area contributed by atoms with Crippen molar-refractivity contribution in [3.05, 3.63) is 0 Å². The van der Waals surface area contributed by atoms with E-state index in [-0.39, 0.29) is 18.5 Å². The van der Waals surface area contributed by atoms with Crippen molar-refractivity contribution in [1.29, 1.82) is 0 Å². The summed E-state index contributed by atoms with van der Waals surface area (Å²) in [5.41, 5.74) is 0. The molecular formula is C12H24N2O4. The lowest BCUT2D eigenvalue weighted by Gasteiger charge is -2.28. The average Bonchev–Trinajstić information content (AvgIpc) is 2.26. The molecule has 0 rings (SSSR count). The van der Waals surface area contributed by atoms with Gasteiger partial charge in [-0.1, -0.05) is 13.8 Å². The monoisotopic (exact) mass is 260 g/mol. The van der Waals surface area contributed by atoms with Crippen LogP contribution in [0.25, 0.3) is 0 Å². The molecule has 0 aromatic heterocycles. The van der Waals surface area contributed by atoms with Gasteiger partial charge in [0.2, 0.25) is 0 Å². The van der Waals surface area contributed by atoms with Gasteiger partial charge in [0.05, 0.1) is 6.61 Å². The average molecular weight is 260 g/mol. The minimum absolute atomic E-state index is 0.230. The highest BCUT2D eigenvalue weighted by Crippen LogP contribution is 2.03. The van der Waals surface area contributed by atoms with Crippen LogP contribution < -0.4 is 0 Å². The van der Waals surface area contributed by atoms with Crippen molar-refractivity contribution in [2.24, 2.45) is 5.92 Å². The number of ether oxygens (including phenoxy) is 1. The highest BCUT2D eigenvalue weighted by atomic mass is 16.5. The van der Waals surface area contributed by atoms with Crippen LogP contribution in [0.2, 0.25) is 0 Å². The Kier molecular flexibility index (Phi) is 8.11. The molecule has 106 valence electrons. The summed E-state index contributed by atoms with van der Waals surface area (Å²) >= 11 is 0. The molecule has 18 heavy (non-hydrogen) atoms. The highest BCUT2D eigenvalue weighted by molar-refractivity contribution is 5.80. The number of carbonyl (C=O) groups is 2. The number of rotatable bonds is 8. The second-order valence-electron chi connectivity index (χ2n) is 4.57. The third-order valence-electron chi connectivity index (χ3n) is 2.28. The van der Waals surface area contributed by atoms with Crippen molar-refractivity contribution in [1.82, 2.24) is 9.80 Å². The minimum Gasteiger partial charge on any atom is -0.480 e. The van der Waals surface area contributed by atoms with Crippen molar-refractivity contribution in [2.75, 3.05) is 39.9 Å². The summed E-state index contributed by atoms with van der Waals surface area (Å²) in [7, 11) is 1.65. The Morgan fingerprint density at radius 1 is 1.33 bits per heavy atom. The molecule has 0 atom stereocenters. The molecule has 0 aliphatic heterocycles. The van der Waals surface area contributed by atoms with Gasteiger partial charge in [-0.2, -0.15) is 0 Å². The predicted octanol–water partition coefficient (Wildman–Crippen LogP) is 1.12. The zero-order chi connectivity index (χ0) is 14.1. The van der Waals surface area contributed by atoms with Gasteiger partial charge in [-0.15, -0.1) is 0 Å². The fourth-order valence-electron chi connectivity index (χ4n) is 1.50. The molecule has 0 unspecified atom stereocenters. The largest absolute Gasteiger partial charge is 0.480 e. The fourth-order valence-corrected chi connectivity index (χ4v) is 1.50. The number of hydrogen-bond donors (Lipinski definition) is 1. The first-order valence-electron chi connectivity index (χ1n) is 6.18. The molecule has 0 radical (unpaired) electrons. The Bertz CT molecular complexity index is 269. The first-order chi connectivity index (χ1) is 8.38. The number of carbonyl (C=O) groups excluding carboxylic acids is 1. The van der Waals surface area contributed by atoms with E-state index in [1.165, 1.54) is 9.80 Å². The number of nitrogens with zero attached hydrogens (tertiary/aromatic N) is 2. The van der Waals surface area contributed by atoms with Gasteiger partial charge in [0, 0.05) is 26.7 Å². The summed E-state index contributed by atoms with van der Waals surface area (Å²) in [4.78, 5) is 25.6. The smallest absolute Gasteiger partial charge is 0.323 e. The van der Waals surface area contributed by atoms with Crippen LogP contribution in [0.1, 0.15) is 20.8 Å². The summed E-state index contributed by atoms with van der Waals surface area (Å²) in [6, 6.07) is -0.272. The molecule has 6 heteroatoms.